The molecule has 0 saturated carbocycles. The van der Waals surface area contributed by atoms with Crippen molar-refractivity contribution in [2.75, 3.05) is 19.6 Å². The zero-order valence-electron chi connectivity index (χ0n) is 14.9. The SMILES string of the molecule is O=C(OCc1ccccc1)N1CCc2cc(C3=CCNCC3)ccc2C1. The Hall–Kier alpha value is -2.59. The molecule has 0 atom stereocenters. The van der Waals surface area contributed by atoms with Crippen molar-refractivity contribution < 1.29 is 9.53 Å². The van der Waals surface area contributed by atoms with Crippen LogP contribution in [0.2, 0.25) is 0 Å². The van der Waals surface area contributed by atoms with Crippen LogP contribution < -0.4 is 5.32 Å². The third-order valence-corrected chi connectivity index (χ3v) is 5.12. The smallest absolute Gasteiger partial charge is 0.410 e. The van der Waals surface area contributed by atoms with E-state index in [0.29, 0.717) is 19.7 Å². The number of carbonyl (C=O) groups is 1. The molecule has 1 amide bonds. The predicted octanol–water partition coefficient (Wildman–Crippen LogP) is 3.76. The van der Waals surface area contributed by atoms with E-state index >= 15 is 0 Å². The minimum Gasteiger partial charge on any atom is -0.445 e. The Morgan fingerprint density at radius 3 is 2.77 bits per heavy atom. The van der Waals surface area contributed by atoms with Crippen LogP contribution in [0.1, 0.15) is 28.7 Å². The summed E-state index contributed by atoms with van der Waals surface area (Å²) in [7, 11) is 0. The second kappa shape index (κ2) is 7.75. The number of amides is 1. The number of hydrogen-bond acceptors (Lipinski definition) is 3. The number of fused-ring (bicyclic) bond motifs is 1. The van der Waals surface area contributed by atoms with Gasteiger partial charge in [-0.05, 0) is 47.2 Å². The number of nitrogens with one attached hydrogen (secondary N) is 1. The number of carbonyl (C=O) groups excluding carboxylic acids is 1. The normalized spacial score (nSPS) is 16.6. The van der Waals surface area contributed by atoms with Crippen LogP contribution >= 0.6 is 0 Å². The first kappa shape index (κ1) is 16.9. The Bertz CT molecular complexity index is 814. The van der Waals surface area contributed by atoms with E-state index < -0.39 is 0 Å². The molecular formula is C22H24N2O2. The minimum atomic E-state index is -0.232. The van der Waals surface area contributed by atoms with E-state index in [4.69, 9.17) is 4.74 Å². The summed E-state index contributed by atoms with van der Waals surface area (Å²) < 4.78 is 5.47. The second-order valence-corrected chi connectivity index (χ2v) is 6.88. The molecule has 0 bridgehead atoms. The lowest BCUT2D eigenvalue weighted by Gasteiger charge is -2.29. The summed E-state index contributed by atoms with van der Waals surface area (Å²) in [6.07, 6.45) is 4.01. The van der Waals surface area contributed by atoms with Gasteiger partial charge in [0.1, 0.15) is 6.61 Å². The molecule has 0 fully saturated rings. The van der Waals surface area contributed by atoms with Crippen LogP contribution in [-0.2, 0) is 24.3 Å². The van der Waals surface area contributed by atoms with Gasteiger partial charge in [-0.3, -0.25) is 0 Å². The zero-order valence-corrected chi connectivity index (χ0v) is 14.9. The summed E-state index contributed by atoms with van der Waals surface area (Å²) in [5.41, 5.74) is 6.35. The van der Waals surface area contributed by atoms with Gasteiger partial charge >= 0.3 is 6.09 Å². The highest BCUT2D eigenvalue weighted by atomic mass is 16.6. The molecule has 0 saturated heterocycles. The molecule has 2 aromatic rings. The standard InChI is InChI=1S/C22H24N2O2/c25-22(26-16-17-4-2-1-3-5-17)24-13-10-20-14-19(6-7-21(20)15-24)18-8-11-23-12-9-18/h1-8,14,23H,9-13,15-16H2. The third-order valence-electron chi connectivity index (χ3n) is 5.12. The molecule has 4 rings (SSSR count). The van der Waals surface area contributed by atoms with Crippen LogP contribution in [0, 0.1) is 0 Å². The predicted molar refractivity (Wildman–Crippen MR) is 103 cm³/mol. The first-order chi connectivity index (χ1) is 12.8. The third kappa shape index (κ3) is 3.81. The van der Waals surface area contributed by atoms with Gasteiger partial charge in [-0.1, -0.05) is 54.6 Å². The van der Waals surface area contributed by atoms with Crippen LogP contribution in [0.3, 0.4) is 0 Å². The summed E-state index contributed by atoms with van der Waals surface area (Å²) >= 11 is 0. The van der Waals surface area contributed by atoms with Crippen LogP contribution in [-0.4, -0.2) is 30.6 Å². The summed E-state index contributed by atoms with van der Waals surface area (Å²) in [6, 6.07) is 16.5. The van der Waals surface area contributed by atoms with E-state index in [1.54, 1.807) is 4.90 Å². The monoisotopic (exact) mass is 348 g/mol. The highest BCUT2D eigenvalue weighted by Gasteiger charge is 2.22. The number of hydrogen-bond donors (Lipinski definition) is 1. The molecule has 0 unspecified atom stereocenters. The van der Waals surface area contributed by atoms with E-state index in [2.05, 4.69) is 29.6 Å². The van der Waals surface area contributed by atoms with Crippen LogP contribution in [0.15, 0.2) is 54.6 Å². The van der Waals surface area contributed by atoms with E-state index in [9.17, 15) is 4.79 Å². The Labute approximate surface area is 154 Å². The Kier molecular flexibility index (Phi) is 5.02. The first-order valence-electron chi connectivity index (χ1n) is 9.27. The lowest BCUT2D eigenvalue weighted by Crippen LogP contribution is -2.36. The molecule has 4 heteroatoms. The molecule has 1 N–H and O–H groups in total. The summed E-state index contributed by atoms with van der Waals surface area (Å²) in [6.45, 7) is 3.66. The van der Waals surface area contributed by atoms with Crippen molar-refractivity contribution in [3.63, 3.8) is 0 Å². The maximum absolute atomic E-state index is 12.4. The van der Waals surface area contributed by atoms with Crippen LogP contribution in [0.5, 0.6) is 0 Å². The van der Waals surface area contributed by atoms with Gasteiger partial charge < -0.3 is 15.0 Å². The highest BCUT2D eigenvalue weighted by molar-refractivity contribution is 5.70. The van der Waals surface area contributed by atoms with Crippen molar-refractivity contribution in [3.05, 3.63) is 76.9 Å². The molecule has 2 aliphatic heterocycles. The first-order valence-corrected chi connectivity index (χ1v) is 9.27. The second-order valence-electron chi connectivity index (χ2n) is 6.88. The maximum atomic E-state index is 12.4. The Morgan fingerprint density at radius 1 is 1.08 bits per heavy atom. The molecule has 4 nitrogen and oxygen atoms in total. The zero-order chi connectivity index (χ0) is 17.8. The molecule has 2 aliphatic rings. The fourth-order valence-electron chi connectivity index (χ4n) is 3.60. The lowest BCUT2D eigenvalue weighted by atomic mass is 9.93. The average molecular weight is 348 g/mol. The van der Waals surface area contributed by atoms with Crippen LogP contribution in [0.4, 0.5) is 4.79 Å². The van der Waals surface area contributed by atoms with Crippen molar-refractivity contribution >= 4 is 11.7 Å². The molecule has 26 heavy (non-hydrogen) atoms. The topological polar surface area (TPSA) is 41.6 Å². The lowest BCUT2D eigenvalue weighted by molar-refractivity contribution is 0.0918. The fourth-order valence-corrected chi connectivity index (χ4v) is 3.60. The molecule has 0 aromatic heterocycles. The molecule has 134 valence electrons. The summed E-state index contributed by atoms with van der Waals surface area (Å²) in [5, 5.41) is 3.35. The van der Waals surface area contributed by atoms with Crippen LogP contribution in [0.25, 0.3) is 5.57 Å². The van der Waals surface area contributed by atoms with Gasteiger partial charge in [0.2, 0.25) is 0 Å². The summed E-state index contributed by atoms with van der Waals surface area (Å²) in [5.74, 6) is 0. The van der Waals surface area contributed by atoms with Crippen molar-refractivity contribution in [3.8, 4) is 0 Å². The minimum absolute atomic E-state index is 0.232. The highest BCUT2D eigenvalue weighted by Crippen LogP contribution is 2.26. The molecule has 2 aromatic carbocycles. The van der Waals surface area contributed by atoms with Gasteiger partial charge in [0, 0.05) is 19.6 Å². The molecule has 0 spiro atoms. The molecule has 0 radical (unpaired) electrons. The van der Waals surface area contributed by atoms with Gasteiger partial charge in [-0.2, -0.15) is 0 Å². The molecular weight excluding hydrogens is 324 g/mol. The number of nitrogens with zero attached hydrogens (tertiary/aromatic N) is 1. The summed E-state index contributed by atoms with van der Waals surface area (Å²) in [4.78, 5) is 14.2. The fraction of sp³-hybridized carbons (Fsp3) is 0.318. The van der Waals surface area contributed by atoms with E-state index in [-0.39, 0.29) is 6.09 Å². The van der Waals surface area contributed by atoms with Gasteiger partial charge in [-0.15, -0.1) is 0 Å². The van der Waals surface area contributed by atoms with E-state index in [1.807, 2.05) is 30.3 Å². The van der Waals surface area contributed by atoms with Crippen molar-refractivity contribution in [2.45, 2.75) is 26.0 Å². The van der Waals surface area contributed by atoms with Gasteiger partial charge in [-0.25, -0.2) is 4.79 Å². The van der Waals surface area contributed by atoms with Crippen molar-refractivity contribution in [1.82, 2.24) is 10.2 Å². The number of rotatable bonds is 3. The van der Waals surface area contributed by atoms with E-state index in [1.165, 1.54) is 22.3 Å². The average Bonchev–Trinajstić information content (AvgIpc) is 2.72. The van der Waals surface area contributed by atoms with Gasteiger partial charge in [0.15, 0.2) is 0 Å². The Balaban J connectivity index is 1.39. The van der Waals surface area contributed by atoms with Gasteiger partial charge in [0.05, 0.1) is 0 Å². The Morgan fingerprint density at radius 2 is 1.96 bits per heavy atom. The number of ether oxygens (including phenoxy) is 1. The molecule has 2 heterocycles. The van der Waals surface area contributed by atoms with Gasteiger partial charge in [0.25, 0.3) is 0 Å². The quantitative estimate of drug-likeness (QED) is 0.918. The number of benzene rings is 2. The maximum Gasteiger partial charge on any atom is 0.410 e. The molecule has 0 aliphatic carbocycles. The van der Waals surface area contributed by atoms with Crippen molar-refractivity contribution in [1.29, 1.82) is 0 Å². The van der Waals surface area contributed by atoms with Crippen molar-refractivity contribution in [2.24, 2.45) is 0 Å². The largest absolute Gasteiger partial charge is 0.445 e. The van der Waals surface area contributed by atoms with E-state index in [0.717, 1.165) is 31.5 Å².